The van der Waals surface area contributed by atoms with Gasteiger partial charge in [0, 0.05) is 31.1 Å². The van der Waals surface area contributed by atoms with Crippen molar-refractivity contribution in [3.8, 4) is 0 Å². The fourth-order valence-corrected chi connectivity index (χ4v) is 3.78. The van der Waals surface area contributed by atoms with Crippen LogP contribution in [0.1, 0.15) is 54.1 Å². The standard InChI is InChI=1S/C23H28N2O3/c1-15(2)11-22(26)24-21-8-7-19(13-20(21)23(27)28)25-10-9-18(14-25)17-6-4-5-16(3)12-17/h4-8,12-13,15,18H,9-11,14H2,1-3H3,(H,24,26)(H,27,28). The van der Waals surface area contributed by atoms with Gasteiger partial charge in [-0.25, -0.2) is 4.79 Å². The van der Waals surface area contributed by atoms with Crippen LogP contribution in [0.25, 0.3) is 0 Å². The molecule has 2 aromatic carbocycles. The molecule has 0 saturated carbocycles. The third-order valence-electron chi connectivity index (χ3n) is 5.17. The fourth-order valence-electron chi connectivity index (χ4n) is 3.78. The summed E-state index contributed by atoms with van der Waals surface area (Å²) in [5.41, 5.74) is 3.96. The van der Waals surface area contributed by atoms with Crippen molar-refractivity contribution in [1.82, 2.24) is 0 Å². The molecule has 1 aliphatic rings. The molecule has 0 aromatic heterocycles. The van der Waals surface area contributed by atoms with E-state index in [1.807, 2.05) is 19.9 Å². The van der Waals surface area contributed by atoms with Gasteiger partial charge in [-0.3, -0.25) is 4.79 Å². The molecule has 1 amide bonds. The van der Waals surface area contributed by atoms with Crippen LogP contribution in [0.3, 0.4) is 0 Å². The second kappa shape index (κ2) is 8.46. The molecular formula is C23H28N2O3. The number of rotatable bonds is 6. The molecule has 1 heterocycles. The lowest BCUT2D eigenvalue weighted by Crippen LogP contribution is -2.21. The Hall–Kier alpha value is -2.82. The molecule has 1 atom stereocenters. The van der Waals surface area contributed by atoms with Gasteiger partial charge in [0.1, 0.15) is 0 Å². The number of nitrogens with zero attached hydrogens (tertiary/aromatic N) is 1. The van der Waals surface area contributed by atoms with Gasteiger partial charge in [-0.05, 0) is 43.0 Å². The Kier molecular flexibility index (Phi) is 6.02. The fraction of sp³-hybridized carbons (Fsp3) is 0.391. The number of carbonyl (C=O) groups is 2. The van der Waals surface area contributed by atoms with E-state index in [4.69, 9.17) is 0 Å². The minimum atomic E-state index is -1.03. The van der Waals surface area contributed by atoms with Crippen molar-refractivity contribution in [2.75, 3.05) is 23.3 Å². The largest absolute Gasteiger partial charge is 0.478 e. The molecule has 1 unspecified atom stereocenters. The molecular weight excluding hydrogens is 352 g/mol. The molecule has 0 aliphatic carbocycles. The molecule has 2 aromatic rings. The van der Waals surface area contributed by atoms with Crippen molar-refractivity contribution >= 4 is 23.3 Å². The summed E-state index contributed by atoms with van der Waals surface area (Å²) in [7, 11) is 0. The van der Waals surface area contributed by atoms with E-state index in [2.05, 4.69) is 41.4 Å². The normalized spacial score (nSPS) is 16.4. The van der Waals surface area contributed by atoms with Gasteiger partial charge < -0.3 is 15.3 Å². The minimum absolute atomic E-state index is 0.133. The predicted octanol–water partition coefficient (Wildman–Crippen LogP) is 4.67. The van der Waals surface area contributed by atoms with E-state index in [0.717, 1.165) is 25.2 Å². The summed E-state index contributed by atoms with van der Waals surface area (Å²) in [6.45, 7) is 7.76. The summed E-state index contributed by atoms with van der Waals surface area (Å²) in [6.07, 6.45) is 1.41. The molecule has 148 valence electrons. The van der Waals surface area contributed by atoms with Gasteiger partial charge in [-0.15, -0.1) is 0 Å². The second-order valence-corrected chi connectivity index (χ2v) is 8.03. The van der Waals surface area contributed by atoms with Crippen LogP contribution in [0.4, 0.5) is 11.4 Å². The quantitative estimate of drug-likeness (QED) is 0.764. The molecule has 0 bridgehead atoms. The lowest BCUT2D eigenvalue weighted by atomic mass is 9.97. The van der Waals surface area contributed by atoms with Gasteiger partial charge in [0.05, 0.1) is 11.3 Å². The van der Waals surface area contributed by atoms with Crippen molar-refractivity contribution in [2.45, 2.75) is 39.5 Å². The van der Waals surface area contributed by atoms with Crippen molar-refractivity contribution in [3.05, 3.63) is 59.2 Å². The van der Waals surface area contributed by atoms with Gasteiger partial charge >= 0.3 is 5.97 Å². The minimum Gasteiger partial charge on any atom is -0.478 e. The smallest absolute Gasteiger partial charge is 0.337 e. The summed E-state index contributed by atoms with van der Waals surface area (Å²) in [5.74, 6) is -0.531. The molecule has 0 radical (unpaired) electrons. The molecule has 2 N–H and O–H groups in total. The van der Waals surface area contributed by atoms with Crippen molar-refractivity contribution in [3.63, 3.8) is 0 Å². The molecule has 5 heteroatoms. The highest BCUT2D eigenvalue weighted by Crippen LogP contribution is 2.33. The zero-order valence-electron chi connectivity index (χ0n) is 16.7. The Labute approximate surface area is 166 Å². The average molecular weight is 380 g/mol. The van der Waals surface area contributed by atoms with Crippen LogP contribution in [-0.2, 0) is 4.79 Å². The van der Waals surface area contributed by atoms with Crippen molar-refractivity contribution in [1.29, 1.82) is 0 Å². The Balaban J connectivity index is 1.77. The maximum Gasteiger partial charge on any atom is 0.337 e. The van der Waals surface area contributed by atoms with E-state index in [-0.39, 0.29) is 17.4 Å². The summed E-state index contributed by atoms with van der Waals surface area (Å²) in [5, 5.41) is 12.4. The first-order chi connectivity index (χ1) is 13.3. The number of hydrogen-bond acceptors (Lipinski definition) is 3. The van der Waals surface area contributed by atoms with Crippen LogP contribution in [0.2, 0.25) is 0 Å². The first kappa shape index (κ1) is 19.9. The second-order valence-electron chi connectivity index (χ2n) is 8.03. The van der Waals surface area contributed by atoms with Gasteiger partial charge in [-0.2, -0.15) is 0 Å². The first-order valence-corrected chi connectivity index (χ1v) is 9.82. The lowest BCUT2D eigenvalue weighted by Gasteiger charge is -2.21. The third kappa shape index (κ3) is 4.71. The Morgan fingerprint density at radius 3 is 2.68 bits per heavy atom. The van der Waals surface area contributed by atoms with E-state index in [1.165, 1.54) is 11.1 Å². The SMILES string of the molecule is Cc1cccc(C2CCN(c3ccc(NC(=O)CC(C)C)c(C(=O)O)c3)C2)c1. The zero-order valence-corrected chi connectivity index (χ0v) is 16.7. The maximum atomic E-state index is 12.1. The number of aromatic carboxylic acids is 1. The van der Waals surface area contributed by atoms with Crippen LogP contribution in [0.15, 0.2) is 42.5 Å². The number of amides is 1. The Morgan fingerprint density at radius 2 is 2.00 bits per heavy atom. The van der Waals surface area contributed by atoms with Crippen LogP contribution in [0.5, 0.6) is 0 Å². The van der Waals surface area contributed by atoms with E-state index < -0.39 is 5.97 Å². The zero-order chi connectivity index (χ0) is 20.3. The van der Waals surface area contributed by atoms with E-state index >= 15 is 0 Å². The lowest BCUT2D eigenvalue weighted by molar-refractivity contribution is -0.116. The highest BCUT2D eigenvalue weighted by molar-refractivity contribution is 6.01. The number of carboxylic acids is 1. The Bertz CT molecular complexity index is 876. The Morgan fingerprint density at radius 1 is 1.21 bits per heavy atom. The number of nitrogens with one attached hydrogen (secondary N) is 1. The molecule has 5 nitrogen and oxygen atoms in total. The third-order valence-corrected chi connectivity index (χ3v) is 5.17. The first-order valence-electron chi connectivity index (χ1n) is 9.82. The molecule has 1 fully saturated rings. The number of benzene rings is 2. The van der Waals surface area contributed by atoms with Crippen LogP contribution < -0.4 is 10.2 Å². The highest BCUT2D eigenvalue weighted by Gasteiger charge is 2.25. The molecule has 0 spiro atoms. The van der Waals surface area contributed by atoms with Crippen molar-refractivity contribution in [2.24, 2.45) is 5.92 Å². The average Bonchev–Trinajstić information content (AvgIpc) is 3.11. The van der Waals surface area contributed by atoms with Gasteiger partial charge in [0.15, 0.2) is 0 Å². The number of hydrogen-bond donors (Lipinski definition) is 2. The molecule has 28 heavy (non-hydrogen) atoms. The number of anilines is 2. The topological polar surface area (TPSA) is 69.6 Å². The number of carbonyl (C=O) groups excluding carboxylic acids is 1. The number of aryl methyl sites for hydroxylation is 1. The van der Waals surface area contributed by atoms with Crippen molar-refractivity contribution < 1.29 is 14.7 Å². The van der Waals surface area contributed by atoms with Gasteiger partial charge in [0.25, 0.3) is 0 Å². The van der Waals surface area contributed by atoms with E-state index in [0.29, 0.717) is 18.0 Å². The van der Waals surface area contributed by atoms with Crippen LogP contribution >= 0.6 is 0 Å². The van der Waals surface area contributed by atoms with Crippen LogP contribution in [-0.4, -0.2) is 30.1 Å². The van der Waals surface area contributed by atoms with Crippen LogP contribution in [0, 0.1) is 12.8 Å². The molecule has 3 rings (SSSR count). The van der Waals surface area contributed by atoms with E-state index in [1.54, 1.807) is 12.1 Å². The maximum absolute atomic E-state index is 12.1. The monoisotopic (exact) mass is 380 g/mol. The van der Waals surface area contributed by atoms with Gasteiger partial charge in [0.2, 0.25) is 5.91 Å². The highest BCUT2D eigenvalue weighted by atomic mass is 16.4. The molecule has 1 saturated heterocycles. The van der Waals surface area contributed by atoms with Gasteiger partial charge in [-0.1, -0.05) is 43.7 Å². The van der Waals surface area contributed by atoms with E-state index in [9.17, 15) is 14.7 Å². The summed E-state index contributed by atoms with van der Waals surface area (Å²) < 4.78 is 0. The molecule has 1 aliphatic heterocycles. The summed E-state index contributed by atoms with van der Waals surface area (Å²) >= 11 is 0. The predicted molar refractivity (Wildman–Crippen MR) is 112 cm³/mol. The summed E-state index contributed by atoms with van der Waals surface area (Å²) in [6, 6.07) is 13.9. The summed E-state index contributed by atoms with van der Waals surface area (Å²) in [4.78, 5) is 26.0. The number of carboxylic acid groups (broad SMARTS) is 1.